The minimum Gasteiger partial charge on any atom is -0.404 e. The molecule has 3 heterocycles. The fraction of sp³-hybridized carbons (Fsp3) is 0.296. The summed E-state index contributed by atoms with van der Waals surface area (Å²) in [5, 5.41) is 12.8. The summed E-state index contributed by atoms with van der Waals surface area (Å²) in [5.41, 5.74) is 12.4. The van der Waals surface area contributed by atoms with E-state index in [1.54, 1.807) is 19.5 Å². The zero-order chi connectivity index (χ0) is 23.3. The molecule has 174 valence electrons. The number of nitrogens with zero attached hydrogens (tertiary/aromatic N) is 3. The molecule has 3 aromatic rings. The quantitative estimate of drug-likeness (QED) is 0.396. The van der Waals surface area contributed by atoms with Crippen LogP contribution in [0.3, 0.4) is 0 Å². The van der Waals surface area contributed by atoms with Gasteiger partial charge in [-0.2, -0.15) is 0 Å². The molecule has 0 amide bonds. The van der Waals surface area contributed by atoms with E-state index in [1.807, 2.05) is 24.7 Å². The molecule has 5 rings (SSSR count). The summed E-state index contributed by atoms with van der Waals surface area (Å²) in [6.07, 6.45) is 13.6. The fourth-order valence-electron chi connectivity index (χ4n) is 4.40. The van der Waals surface area contributed by atoms with Gasteiger partial charge in [0, 0.05) is 66.3 Å². The number of hydrogen-bond donors (Lipinski definition) is 4. The number of aromatic nitrogens is 2. The molecule has 5 N–H and O–H groups in total. The summed E-state index contributed by atoms with van der Waals surface area (Å²) in [4.78, 5) is 13.3. The SMILES string of the molecule is CN=CC(=CN)c1ccc2cnc(NC(=C3CC3)c3cncc(NC4CCNCC4)c3)cc2c1. The third-order valence-corrected chi connectivity index (χ3v) is 6.35. The number of benzene rings is 1. The highest BCUT2D eigenvalue weighted by atomic mass is 15.0. The Labute approximate surface area is 200 Å². The molecule has 1 aromatic carbocycles. The van der Waals surface area contributed by atoms with Crippen molar-refractivity contribution in [3.05, 3.63) is 71.8 Å². The van der Waals surface area contributed by atoms with Gasteiger partial charge in [-0.05, 0) is 73.5 Å². The molecule has 0 spiro atoms. The summed E-state index contributed by atoms with van der Waals surface area (Å²) < 4.78 is 0. The van der Waals surface area contributed by atoms with Crippen molar-refractivity contribution in [3.8, 4) is 0 Å². The van der Waals surface area contributed by atoms with E-state index < -0.39 is 0 Å². The highest BCUT2D eigenvalue weighted by molar-refractivity contribution is 6.10. The number of anilines is 2. The number of piperidine rings is 1. The van der Waals surface area contributed by atoms with E-state index in [-0.39, 0.29) is 0 Å². The number of rotatable bonds is 7. The number of fused-ring (bicyclic) bond motifs is 1. The summed E-state index contributed by atoms with van der Waals surface area (Å²) in [7, 11) is 1.75. The first-order chi connectivity index (χ1) is 16.7. The molecular weight excluding hydrogens is 422 g/mol. The lowest BCUT2D eigenvalue weighted by atomic mass is 10.0. The Morgan fingerprint density at radius 3 is 2.68 bits per heavy atom. The van der Waals surface area contributed by atoms with E-state index in [2.05, 4.69) is 55.2 Å². The van der Waals surface area contributed by atoms with E-state index >= 15 is 0 Å². The van der Waals surface area contributed by atoms with E-state index in [9.17, 15) is 0 Å². The first-order valence-corrected chi connectivity index (χ1v) is 11.9. The topological polar surface area (TPSA) is 100 Å². The molecule has 1 saturated carbocycles. The van der Waals surface area contributed by atoms with Gasteiger partial charge in [0.25, 0.3) is 0 Å². The Balaban J connectivity index is 1.40. The van der Waals surface area contributed by atoms with Gasteiger partial charge in [0.15, 0.2) is 0 Å². The van der Waals surface area contributed by atoms with Crippen LogP contribution < -0.4 is 21.7 Å². The predicted molar refractivity (Wildman–Crippen MR) is 142 cm³/mol. The van der Waals surface area contributed by atoms with E-state index in [0.717, 1.165) is 83.4 Å². The molecule has 34 heavy (non-hydrogen) atoms. The molecule has 2 aliphatic rings. The van der Waals surface area contributed by atoms with Crippen LogP contribution in [-0.4, -0.2) is 42.4 Å². The Morgan fingerprint density at radius 2 is 1.91 bits per heavy atom. The van der Waals surface area contributed by atoms with E-state index in [0.29, 0.717) is 6.04 Å². The Kier molecular flexibility index (Phi) is 6.53. The van der Waals surface area contributed by atoms with Crippen molar-refractivity contribution in [2.45, 2.75) is 31.7 Å². The van der Waals surface area contributed by atoms with E-state index in [4.69, 9.17) is 5.73 Å². The van der Waals surface area contributed by atoms with Gasteiger partial charge in [-0.15, -0.1) is 0 Å². The average Bonchev–Trinajstić information content (AvgIpc) is 3.71. The molecule has 7 heteroatoms. The number of pyridine rings is 2. The standard InChI is InChI=1S/C27H31N7/c1-29-14-23(13-28)19-4-5-20-16-32-26(12-21(20)10-19)34-27(18-2-3-18)22-11-25(17-31-15-22)33-24-6-8-30-9-7-24/h4-5,10-17,24,30,33H,2-3,6-9,28H2,1H3,(H,32,34). The molecule has 1 aliphatic heterocycles. The van der Waals surface area contributed by atoms with Gasteiger partial charge in [-0.1, -0.05) is 12.1 Å². The maximum absolute atomic E-state index is 5.81. The normalized spacial score (nSPS) is 16.7. The van der Waals surface area contributed by atoms with Gasteiger partial charge in [-0.25, -0.2) is 4.98 Å². The number of allylic oxidation sites excluding steroid dienone is 2. The summed E-state index contributed by atoms with van der Waals surface area (Å²) in [6, 6.07) is 11.0. The molecule has 0 atom stereocenters. The third kappa shape index (κ3) is 5.10. The zero-order valence-electron chi connectivity index (χ0n) is 19.5. The lowest BCUT2D eigenvalue weighted by Crippen LogP contribution is -2.35. The second-order valence-electron chi connectivity index (χ2n) is 8.88. The molecule has 1 saturated heterocycles. The van der Waals surface area contributed by atoms with Gasteiger partial charge >= 0.3 is 0 Å². The smallest absolute Gasteiger partial charge is 0.130 e. The van der Waals surface area contributed by atoms with Crippen molar-refractivity contribution < 1.29 is 0 Å². The second kappa shape index (κ2) is 10.1. The van der Waals surface area contributed by atoms with Gasteiger partial charge in [0.2, 0.25) is 0 Å². The van der Waals surface area contributed by atoms with Gasteiger partial charge in [0.05, 0.1) is 5.69 Å². The van der Waals surface area contributed by atoms with Gasteiger partial charge < -0.3 is 21.7 Å². The summed E-state index contributed by atoms with van der Waals surface area (Å²) >= 11 is 0. The predicted octanol–water partition coefficient (Wildman–Crippen LogP) is 4.41. The minimum absolute atomic E-state index is 0.491. The van der Waals surface area contributed by atoms with Crippen LogP contribution in [0.15, 0.2) is 65.7 Å². The molecular formula is C27H31N7. The lowest BCUT2D eigenvalue weighted by molar-refractivity contribution is 0.479. The number of aliphatic imine (C=N–C) groups is 1. The van der Waals surface area contributed by atoms with Gasteiger partial charge in [0.1, 0.15) is 5.82 Å². The number of nitrogens with two attached hydrogens (primary N) is 1. The van der Waals surface area contributed by atoms with Crippen LogP contribution in [0.1, 0.15) is 36.8 Å². The molecule has 0 bridgehead atoms. The maximum atomic E-state index is 5.81. The molecule has 2 aromatic heterocycles. The monoisotopic (exact) mass is 453 g/mol. The maximum Gasteiger partial charge on any atom is 0.130 e. The van der Waals surface area contributed by atoms with Crippen molar-refractivity contribution in [2.75, 3.05) is 30.8 Å². The van der Waals surface area contributed by atoms with Crippen molar-refractivity contribution in [1.82, 2.24) is 15.3 Å². The van der Waals surface area contributed by atoms with Crippen molar-refractivity contribution >= 4 is 39.8 Å². The number of hydrogen-bond acceptors (Lipinski definition) is 7. The van der Waals surface area contributed by atoms with Crippen molar-refractivity contribution in [1.29, 1.82) is 0 Å². The van der Waals surface area contributed by atoms with Crippen LogP contribution in [-0.2, 0) is 0 Å². The van der Waals surface area contributed by atoms with Crippen LogP contribution in [0, 0.1) is 0 Å². The van der Waals surface area contributed by atoms with Gasteiger partial charge in [-0.3, -0.25) is 9.98 Å². The Morgan fingerprint density at radius 1 is 1.06 bits per heavy atom. The highest BCUT2D eigenvalue weighted by Gasteiger charge is 2.21. The Hall–Kier alpha value is -3.71. The van der Waals surface area contributed by atoms with Crippen molar-refractivity contribution in [3.63, 3.8) is 0 Å². The second-order valence-corrected chi connectivity index (χ2v) is 8.88. The molecule has 2 fully saturated rings. The van der Waals surface area contributed by atoms with Crippen LogP contribution in [0.25, 0.3) is 22.0 Å². The third-order valence-electron chi connectivity index (χ3n) is 6.35. The van der Waals surface area contributed by atoms with Crippen LogP contribution in [0.2, 0.25) is 0 Å². The summed E-state index contributed by atoms with van der Waals surface area (Å²) in [6.45, 7) is 2.12. The molecule has 7 nitrogen and oxygen atoms in total. The Bertz CT molecular complexity index is 1260. The molecule has 1 aliphatic carbocycles. The van der Waals surface area contributed by atoms with Crippen LogP contribution in [0.4, 0.5) is 11.5 Å². The van der Waals surface area contributed by atoms with Crippen molar-refractivity contribution in [2.24, 2.45) is 10.7 Å². The zero-order valence-corrected chi connectivity index (χ0v) is 19.5. The number of nitrogens with one attached hydrogen (secondary N) is 3. The average molecular weight is 454 g/mol. The molecule has 0 radical (unpaired) electrons. The summed E-state index contributed by atoms with van der Waals surface area (Å²) in [5.74, 6) is 0.818. The minimum atomic E-state index is 0.491. The fourth-order valence-corrected chi connectivity index (χ4v) is 4.40. The largest absolute Gasteiger partial charge is 0.404 e. The molecule has 0 unspecified atom stereocenters. The van der Waals surface area contributed by atoms with E-state index in [1.165, 1.54) is 5.57 Å². The first-order valence-electron chi connectivity index (χ1n) is 11.9. The van der Waals surface area contributed by atoms with Crippen LogP contribution in [0.5, 0.6) is 0 Å². The lowest BCUT2D eigenvalue weighted by Gasteiger charge is -2.24. The highest BCUT2D eigenvalue weighted by Crippen LogP contribution is 2.37. The van der Waals surface area contributed by atoms with Crippen LogP contribution >= 0.6 is 0 Å². The first kappa shape index (κ1) is 22.1.